The van der Waals surface area contributed by atoms with Gasteiger partial charge in [-0.3, -0.25) is 4.72 Å². The van der Waals surface area contributed by atoms with E-state index in [1.807, 2.05) is 0 Å². The van der Waals surface area contributed by atoms with E-state index in [0.29, 0.717) is 5.56 Å². The lowest BCUT2D eigenvalue weighted by Gasteiger charge is -2.11. The lowest BCUT2D eigenvalue weighted by Crippen LogP contribution is -2.14. The number of halogens is 1. The Balaban J connectivity index is 1.94. The summed E-state index contributed by atoms with van der Waals surface area (Å²) in [5.41, 5.74) is 2.95. The van der Waals surface area contributed by atoms with Gasteiger partial charge in [0.05, 0.1) is 4.90 Å². The molecule has 128 valence electrons. The second-order valence-electron chi connectivity index (χ2n) is 5.76. The number of aryl methyl sites for hydroxylation is 2. The van der Waals surface area contributed by atoms with E-state index in [0.717, 1.165) is 16.8 Å². The van der Waals surface area contributed by atoms with E-state index < -0.39 is 10.0 Å². The minimum absolute atomic E-state index is 0.133. The Bertz CT molecular complexity index is 1030. The Labute approximate surface area is 146 Å². The van der Waals surface area contributed by atoms with Crippen molar-refractivity contribution >= 4 is 15.8 Å². The smallest absolute Gasteiger partial charge is 0.263 e. The monoisotopic (exact) mass is 356 g/mol. The topological polar surface area (TPSA) is 59.1 Å². The first kappa shape index (κ1) is 17.1. The summed E-state index contributed by atoms with van der Waals surface area (Å²) in [6.07, 6.45) is 0. The van der Waals surface area contributed by atoms with Crippen molar-refractivity contribution in [3.63, 3.8) is 0 Å². The number of nitrogens with one attached hydrogen (secondary N) is 1. The van der Waals surface area contributed by atoms with E-state index in [1.165, 1.54) is 18.2 Å². The van der Waals surface area contributed by atoms with Crippen LogP contribution in [0.25, 0.3) is 11.1 Å². The minimum Gasteiger partial charge on any atom is -0.263 e. The molecule has 3 rings (SSSR count). The number of anilines is 1. The average molecular weight is 356 g/mol. The zero-order valence-corrected chi connectivity index (χ0v) is 14.6. The maximum atomic E-state index is 13.4. The van der Waals surface area contributed by atoms with Crippen LogP contribution in [0.5, 0.6) is 0 Å². The molecule has 3 aromatic rings. The maximum Gasteiger partial charge on any atom is 0.263 e. The molecule has 4 nitrogen and oxygen atoms in total. The molecular weight excluding hydrogens is 339 g/mol. The van der Waals surface area contributed by atoms with Gasteiger partial charge in [0.15, 0.2) is 0 Å². The van der Waals surface area contributed by atoms with Gasteiger partial charge in [0.1, 0.15) is 11.6 Å². The Kier molecular flexibility index (Phi) is 4.55. The summed E-state index contributed by atoms with van der Waals surface area (Å²) in [5, 5.41) is 0. The molecule has 0 aliphatic rings. The second-order valence-corrected chi connectivity index (χ2v) is 7.44. The fourth-order valence-corrected chi connectivity index (χ4v) is 3.67. The van der Waals surface area contributed by atoms with E-state index in [4.69, 9.17) is 0 Å². The van der Waals surface area contributed by atoms with Gasteiger partial charge in [-0.05, 0) is 66.9 Å². The van der Waals surface area contributed by atoms with Crippen molar-refractivity contribution in [3.8, 4) is 11.1 Å². The van der Waals surface area contributed by atoms with Gasteiger partial charge in [-0.2, -0.15) is 0 Å². The summed E-state index contributed by atoms with van der Waals surface area (Å²) in [5.74, 6) is -0.0624. The van der Waals surface area contributed by atoms with E-state index in [1.54, 1.807) is 56.3 Å². The number of aromatic nitrogens is 1. The van der Waals surface area contributed by atoms with Crippen molar-refractivity contribution in [1.82, 2.24) is 4.98 Å². The van der Waals surface area contributed by atoms with Crippen molar-refractivity contribution in [2.45, 2.75) is 18.7 Å². The molecule has 0 radical (unpaired) electrons. The van der Waals surface area contributed by atoms with Crippen LogP contribution < -0.4 is 4.72 Å². The first-order chi connectivity index (χ1) is 11.8. The Morgan fingerprint density at radius 1 is 0.960 bits per heavy atom. The number of rotatable bonds is 4. The predicted octanol–water partition coefficient (Wildman–Crippen LogP) is 4.31. The Morgan fingerprint density at radius 2 is 1.72 bits per heavy atom. The van der Waals surface area contributed by atoms with Gasteiger partial charge in [-0.1, -0.05) is 24.3 Å². The lowest BCUT2D eigenvalue weighted by atomic mass is 10.0. The highest BCUT2D eigenvalue weighted by Crippen LogP contribution is 2.27. The lowest BCUT2D eigenvalue weighted by molar-refractivity contribution is 0.601. The molecule has 0 atom stereocenters. The molecule has 1 aromatic heterocycles. The average Bonchev–Trinajstić information content (AvgIpc) is 2.54. The summed E-state index contributed by atoms with van der Waals surface area (Å²) in [6.45, 7) is 3.58. The van der Waals surface area contributed by atoms with Gasteiger partial charge in [-0.25, -0.2) is 17.8 Å². The van der Waals surface area contributed by atoms with Gasteiger partial charge in [0, 0.05) is 5.69 Å². The van der Waals surface area contributed by atoms with Crippen LogP contribution in [-0.2, 0) is 10.0 Å². The van der Waals surface area contributed by atoms with Crippen molar-refractivity contribution in [3.05, 3.63) is 77.7 Å². The maximum absolute atomic E-state index is 13.4. The number of hydrogen-bond donors (Lipinski definition) is 1. The molecule has 0 bridgehead atoms. The Hall–Kier alpha value is -2.73. The first-order valence-corrected chi connectivity index (χ1v) is 9.16. The molecule has 0 saturated carbocycles. The van der Waals surface area contributed by atoms with Gasteiger partial charge in [0.25, 0.3) is 10.0 Å². The van der Waals surface area contributed by atoms with Crippen LogP contribution in [0.1, 0.15) is 11.3 Å². The fraction of sp³-hybridized carbons (Fsp3) is 0.105. The molecule has 25 heavy (non-hydrogen) atoms. The van der Waals surface area contributed by atoms with E-state index in [-0.39, 0.29) is 16.5 Å². The highest BCUT2D eigenvalue weighted by molar-refractivity contribution is 7.92. The van der Waals surface area contributed by atoms with Crippen LogP contribution in [0.4, 0.5) is 10.2 Å². The van der Waals surface area contributed by atoms with Crippen LogP contribution in [0, 0.1) is 19.7 Å². The number of hydrogen-bond acceptors (Lipinski definition) is 3. The highest BCUT2D eigenvalue weighted by atomic mass is 32.2. The normalized spacial score (nSPS) is 11.3. The van der Waals surface area contributed by atoms with Crippen LogP contribution in [0.2, 0.25) is 0 Å². The fourth-order valence-electron chi connectivity index (χ4n) is 2.58. The highest BCUT2D eigenvalue weighted by Gasteiger charge is 2.16. The van der Waals surface area contributed by atoms with Crippen molar-refractivity contribution in [1.29, 1.82) is 0 Å². The quantitative estimate of drug-likeness (QED) is 0.758. The van der Waals surface area contributed by atoms with E-state index in [2.05, 4.69) is 9.71 Å². The van der Waals surface area contributed by atoms with Gasteiger partial charge in [-0.15, -0.1) is 0 Å². The molecule has 1 heterocycles. The summed E-state index contributed by atoms with van der Waals surface area (Å²) >= 11 is 0. The SMILES string of the molecule is Cc1cccc(NS(=O)(=O)c2ccc(-c3cccc(F)c3)c(C)c2)n1. The van der Waals surface area contributed by atoms with Crippen LogP contribution >= 0.6 is 0 Å². The molecule has 0 unspecified atom stereocenters. The van der Waals surface area contributed by atoms with Gasteiger partial charge < -0.3 is 0 Å². The number of sulfonamides is 1. The standard InChI is InChI=1S/C19H17FN2O2S/c1-13-11-17(9-10-18(13)15-6-4-7-16(20)12-15)25(23,24)22-19-8-3-5-14(2)21-19/h3-12H,1-2H3,(H,21,22). The zero-order chi connectivity index (χ0) is 18.0. The summed E-state index contributed by atoms with van der Waals surface area (Å²) in [4.78, 5) is 4.28. The third-order valence-corrected chi connectivity index (χ3v) is 5.12. The van der Waals surface area contributed by atoms with E-state index >= 15 is 0 Å². The molecule has 2 aromatic carbocycles. The van der Waals surface area contributed by atoms with Crippen LogP contribution in [-0.4, -0.2) is 13.4 Å². The molecular formula is C19H17FN2O2S. The molecule has 0 aliphatic carbocycles. The zero-order valence-electron chi connectivity index (χ0n) is 13.8. The molecule has 0 fully saturated rings. The third-order valence-electron chi connectivity index (χ3n) is 3.77. The largest absolute Gasteiger partial charge is 0.263 e. The molecule has 0 saturated heterocycles. The minimum atomic E-state index is -3.75. The van der Waals surface area contributed by atoms with Crippen LogP contribution in [0.3, 0.4) is 0 Å². The van der Waals surface area contributed by atoms with E-state index in [9.17, 15) is 12.8 Å². The Morgan fingerprint density at radius 3 is 2.40 bits per heavy atom. The third kappa shape index (κ3) is 3.85. The van der Waals surface area contributed by atoms with Crippen LogP contribution in [0.15, 0.2) is 65.6 Å². The molecule has 0 amide bonds. The summed E-state index contributed by atoms with van der Waals surface area (Å²) in [7, 11) is -3.75. The van der Waals surface area contributed by atoms with Crippen molar-refractivity contribution in [2.24, 2.45) is 0 Å². The van der Waals surface area contributed by atoms with Crippen molar-refractivity contribution < 1.29 is 12.8 Å². The summed E-state index contributed by atoms with van der Waals surface area (Å²) in [6, 6.07) is 16.1. The molecule has 6 heteroatoms. The molecule has 1 N–H and O–H groups in total. The predicted molar refractivity (Wildman–Crippen MR) is 96.4 cm³/mol. The first-order valence-electron chi connectivity index (χ1n) is 7.68. The van der Waals surface area contributed by atoms with Crippen molar-refractivity contribution in [2.75, 3.05) is 4.72 Å². The number of nitrogens with zero attached hydrogens (tertiary/aromatic N) is 1. The molecule has 0 aliphatic heterocycles. The second kappa shape index (κ2) is 6.64. The summed E-state index contributed by atoms with van der Waals surface area (Å²) < 4.78 is 41.0. The van der Waals surface area contributed by atoms with Gasteiger partial charge >= 0.3 is 0 Å². The van der Waals surface area contributed by atoms with Gasteiger partial charge in [0.2, 0.25) is 0 Å². The number of pyridine rings is 1. The number of benzene rings is 2. The molecule has 0 spiro atoms.